The summed E-state index contributed by atoms with van der Waals surface area (Å²) in [6.45, 7) is 2.31. The molecule has 17 heavy (non-hydrogen) atoms. The van der Waals surface area contributed by atoms with Crippen molar-refractivity contribution in [2.45, 2.75) is 13.5 Å². The quantitative estimate of drug-likeness (QED) is 0.869. The minimum absolute atomic E-state index is 0.0552. The molecule has 0 aliphatic rings. The zero-order chi connectivity index (χ0) is 12.1. The number of amides is 1. The van der Waals surface area contributed by atoms with Gasteiger partial charge in [-0.2, -0.15) is 0 Å². The van der Waals surface area contributed by atoms with Crippen molar-refractivity contribution in [2.24, 2.45) is 0 Å². The summed E-state index contributed by atoms with van der Waals surface area (Å²) in [7, 11) is 0. The fourth-order valence-electron chi connectivity index (χ4n) is 1.51. The van der Waals surface area contributed by atoms with E-state index in [1.807, 2.05) is 30.3 Å². The maximum Gasteiger partial charge on any atom is 0.221 e. The first-order valence-corrected chi connectivity index (χ1v) is 6.26. The normalized spacial score (nSPS) is 9.94. The minimum atomic E-state index is -0.0552. The average Bonchev–Trinajstić information content (AvgIpc) is 2.79. The van der Waals surface area contributed by atoms with E-state index in [1.54, 1.807) is 11.3 Å². The molecule has 4 heteroatoms. The van der Waals surface area contributed by atoms with Gasteiger partial charge in [-0.05, 0) is 29.6 Å². The number of rotatable bonds is 4. The molecule has 2 N–H and O–H groups in total. The Morgan fingerprint density at radius 3 is 2.76 bits per heavy atom. The van der Waals surface area contributed by atoms with E-state index in [0.717, 1.165) is 17.9 Å². The molecule has 1 aromatic heterocycles. The molecule has 0 saturated heterocycles. The van der Waals surface area contributed by atoms with Crippen molar-refractivity contribution in [1.82, 2.24) is 0 Å². The van der Waals surface area contributed by atoms with Crippen LogP contribution in [0.2, 0.25) is 0 Å². The second-order valence-corrected chi connectivity index (χ2v) is 4.73. The van der Waals surface area contributed by atoms with E-state index in [2.05, 4.69) is 22.1 Å². The van der Waals surface area contributed by atoms with Gasteiger partial charge in [0, 0.05) is 29.7 Å². The number of carbonyl (C=O) groups is 1. The van der Waals surface area contributed by atoms with Gasteiger partial charge in [0.15, 0.2) is 0 Å². The molecule has 1 aromatic carbocycles. The van der Waals surface area contributed by atoms with Crippen LogP contribution >= 0.6 is 11.3 Å². The predicted molar refractivity (Wildman–Crippen MR) is 72.4 cm³/mol. The topological polar surface area (TPSA) is 41.1 Å². The minimum Gasteiger partial charge on any atom is -0.380 e. The summed E-state index contributed by atoms with van der Waals surface area (Å²) in [6, 6.07) is 11.8. The molecule has 0 radical (unpaired) electrons. The highest BCUT2D eigenvalue weighted by Gasteiger charge is 1.98. The number of hydrogen-bond acceptors (Lipinski definition) is 3. The van der Waals surface area contributed by atoms with E-state index in [0.29, 0.717) is 0 Å². The fraction of sp³-hybridized carbons (Fsp3) is 0.154. The van der Waals surface area contributed by atoms with Gasteiger partial charge in [0.2, 0.25) is 5.91 Å². The van der Waals surface area contributed by atoms with Gasteiger partial charge in [0.1, 0.15) is 0 Å². The zero-order valence-electron chi connectivity index (χ0n) is 9.57. The molecule has 0 aliphatic carbocycles. The van der Waals surface area contributed by atoms with Gasteiger partial charge in [-0.15, -0.1) is 11.3 Å². The van der Waals surface area contributed by atoms with Crippen molar-refractivity contribution in [2.75, 3.05) is 10.6 Å². The van der Waals surface area contributed by atoms with E-state index in [4.69, 9.17) is 0 Å². The van der Waals surface area contributed by atoms with Crippen molar-refractivity contribution in [3.05, 3.63) is 46.7 Å². The molecule has 2 aromatic rings. The Hall–Kier alpha value is -1.81. The largest absolute Gasteiger partial charge is 0.380 e. The van der Waals surface area contributed by atoms with Crippen LogP contribution in [0.4, 0.5) is 11.4 Å². The van der Waals surface area contributed by atoms with E-state index < -0.39 is 0 Å². The Kier molecular flexibility index (Phi) is 3.77. The van der Waals surface area contributed by atoms with Crippen LogP contribution in [0.25, 0.3) is 0 Å². The monoisotopic (exact) mass is 246 g/mol. The maximum atomic E-state index is 10.9. The van der Waals surface area contributed by atoms with Crippen molar-refractivity contribution >= 4 is 28.6 Å². The first-order valence-electron chi connectivity index (χ1n) is 5.38. The Morgan fingerprint density at radius 1 is 1.24 bits per heavy atom. The zero-order valence-corrected chi connectivity index (χ0v) is 10.4. The van der Waals surface area contributed by atoms with Crippen LogP contribution < -0.4 is 10.6 Å². The first kappa shape index (κ1) is 11.7. The van der Waals surface area contributed by atoms with Gasteiger partial charge in [0.05, 0.1) is 0 Å². The van der Waals surface area contributed by atoms with Crippen LogP contribution in [0.1, 0.15) is 11.8 Å². The van der Waals surface area contributed by atoms with E-state index in [9.17, 15) is 4.79 Å². The van der Waals surface area contributed by atoms with Crippen LogP contribution in [-0.2, 0) is 11.3 Å². The highest BCUT2D eigenvalue weighted by atomic mass is 32.1. The molecular weight excluding hydrogens is 232 g/mol. The number of anilines is 2. The first-order chi connectivity index (χ1) is 8.24. The van der Waals surface area contributed by atoms with E-state index in [1.165, 1.54) is 11.8 Å². The number of nitrogens with one attached hydrogen (secondary N) is 2. The van der Waals surface area contributed by atoms with Gasteiger partial charge in [-0.3, -0.25) is 4.79 Å². The molecule has 0 spiro atoms. The van der Waals surface area contributed by atoms with Crippen molar-refractivity contribution in [3.63, 3.8) is 0 Å². The molecule has 1 amide bonds. The lowest BCUT2D eigenvalue weighted by atomic mass is 10.2. The fourth-order valence-corrected chi connectivity index (χ4v) is 2.16. The lowest BCUT2D eigenvalue weighted by Gasteiger charge is -2.07. The summed E-state index contributed by atoms with van der Waals surface area (Å²) in [6.07, 6.45) is 0. The predicted octanol–water partition coefficient (Wildman–Crippen LogP) is 3.32. The molecule has 3 nitrogen and oxygen atoms in total. The van der Waals surface area contributed by atoms with E-state index in [-0.39, 0.29) is 5.91 Å². The second kappa shape index (κ2) is 5.50. The molecule has 0 saturated carbocycles. The van der Waals surface area contributed by atoms with Gasteiger partial charge in [-0.25, -0.2) is 0 Å². The standard InChI is InChI=1S/C13H14N2OS/c1-10(16)15-12-5-2-4-11(8-12)14-9-13-6-3-7-17-13/h2-8,14H,9H2,1H3,(H,15,16). The van der Waals surface area contributed by atoms with Crippen molar-refractivity contribution in [3.8, 4) is 0 Å². The van der Waals surface area contributed by atoms with Gasteiger partial charge < -0.3 is 10.6 Å². The Labute approximate surface area is 104 Å². The van der Waals surface area contributed by atoms with Crippen molar-refractivity contribution in [1.29, 1.82) is 0 Å². The number of hydrogen-bond donors (Lipinski definition) is 2. The number of thiophene rings is 1. The smallest absolute Gasteiger partial charge is 0.221 e. The molecular formula is C13H14N2OS. The summed E-state index contributed by atoms with van der Waals surface area (Å²) in [4.78, 5) is 12.2. The summed E-state index contributed by atoms with van der Waals surface area (Å²) < 4.78 is 0. The third kappa shape index (κ3) is 3.60. The van der Waals surface area contributed by atoms with Gasteiger partial charge >= 0.3 is 0 Å². The average molecular weight is 246 g/mol. The molecule has 0 bridgehead atoms. The Balaban J connectivity index is 1.98. The lowest BCUT2D eigenvalue weighted by Crippen LogP contribution is -2.06. The van der Waals surface area contributed by atoms with Gasteiger partial charge in [0.25, 0.3) is 0 Å². The molecule has 2 rings (SSSR count). The van der Waals surface area contributed by atoms with E-state index >= 15 is 0 Å². The summed E-state index contributed by atoms with van der Waals surface area (Å²) in [5.41, 5.74) is 1.82. The summed E-state index contributed by atoms with van der Waals surface area (Å²) >= 11 is 1.72. The van der Waals surface area contributed by atoms with Crippen molar-refractivity contribution < 1.29 is 4.79 Å². The Bertz CT molecular complexity index is 494. The molecule has 0 fully saturated rings. The molecule has 1 heterocycles. The van der Waals surface area contributed by atoms with Crippen LogP contribution in [-0.4, -0.2) is 5.91 Å². The lowest BCUT2D eigenvalue weighted by molar-refractivity contribution is -0.114. The number of carbonyl (C=O) groups excluding carboxylic acids is 1. The highest BCUT2D eigenvalue weighted by Crippen LogP contribution is 2.17. The second-order valence-electron chi connectivity index (χ2n) is 3.69. The molecule has 88 valence electrons. The summed E-state index contributed by atoms with van der Waals surface area (Å²) in [5.74, 6) is -0.0552. The summed E-state index contributed by atoms with van der Waals surface area (Å²) in [5, 5.41) is 8.14. The van der Waals surface area contributed by atoms with Crippen LogP contribution in [0.3, 0.4) is 0 Å². The highest BCUT2D eigenvalue weighted by molar-refractivity contribution is 7.09. The van der Waals surface area contributed by atoms with Crippen LogP contribution in [0, 0.1) is 0 Å². The Morgan fingerprint density at radius 2 is 2.06 bits per heavy atom. The molecule has 0 atom stereocenters. The molecule has 0 aliphatic heterocycles. The van der Waals surface area contributed by atoms with Gasteiger partial charge in [-0.1, -0.05) is 12.1 Å². The third-order valence-corrected chi connectivity index (χ3v) is 3.11. The maximum absolute atomic E-state index is 10.9. The third-order valence-electron chi connectivity index (χ3n) is 2.23. The van der Waals surface area contributed by atoms with Crippen LogP contribution in [0.5, 0.6) is 0 Å². The SMILES string of the molecule is CC(=O)Nc1cccc(NCc2cccs2)c1. The molecule has 0 unspecified atom stereocenters. The number of benzene rings is 1. The van der Waals surface area contributed by atoms with Crippen LogP contribution in [0.15, 0.2) is 41.8 Å².